The standard InChI is InChI=1S/C19H15BF3N3O5/c1-9(24-8-20-28)14-16(18(27)30-3)31-17(26-14)11-4-6-12(29-2)15-10(11)5-7-13(25-15)19(21,22)23/h4-9H,1-3H3/b24-8+. The Kier molecular flexibility index (Phi) is 6.18. The number of halogens is 3. The molecule has 0 saturated heterocycles. The third-order valence-electron chi connectivity index (χ3n) is 4.35. The van der Waals surface area contributed by atoms with Crippen LogP contribution in [0.1, 0.15) is 34.9 Å². The number of benzene rings is 1. The van der Waals surface area contributed by atoms with Crippen LogP contribution < -0.4 is 4.74 Å². The minimum absolute atomic E-state index is 0.0544. The van der Waals surface area contributed by atoms with E-state index < -0.39 is 23.9 Å². The summed E-state index contributed by atoms with van der Waals surface area (Å²) in [6.45, 7) is 1.58. The summed E-state index contributed by atoms with van der Waals surface area (Å²) in [5, 5.41) is 0.264. The maximum atomic E-state index is 13.1. The zero-order chi connectivity index (χ0) is 22.8. The molecule has 0 fully saturated rings. The fourth-order valence-corrected chi connectivity index (χ4v) is 2.91. The molecule has 1 atom stereocenters. The van der Waals surface area contributed by atoms with Crippen LogP contribution >= 0.6 is 0 Å². The Morgan fingerprint density at radius 2 is 1.97 bits per heavy atom. The van der Waals surface area contributed by atoms with Gasteiger partial charge in [-0.2, -0.15) is 13.2 Å². The first kappa shape index (κ1) is 22.1. The van der Waals surface area contributed by atoms with Crippen molar-refractivity contribution in [3.63, 3.8) is 0 Å². The molecular formula is C19H15BF3N3O5. The van der Waals surface area contributed by atoms with Gasteiger partial charge < -0.3 is 0 Å². The van der Waals surface area contributed by atoms with E-state index in [2.05, 4.69) is 15.0 Å². The number of alkyl halides is 3. The van der Waals surface area contributed by atoms with Gasteiger partial charge in [0.05, 0.1) is 0 Å². The number of ether oxygens (including phenoxy) is 2. The van der Waals surface area contributed by atoms with Crippen LogP contribution in [0.15, 0.2) is 33.7 Å². The number of carbonyl (C=O) groups excluding carboxylic acids is 1. The van der Waals surface area contributed by atoms with Crippen molar-refractivity contribution in [2.45, 2.75) is 19.1 Å². The van der Waals surface area contributed by atoms with Crippen LogP contribution in [0.25, 0.3) is 22.4 Å². The van der Waals surface area contributed by atoms with Crippen molar-refractivity contribution < 1.29 is 36.6 Å². The van der Waals surface area contributed by atoms with E-state index in [1.165, 1.54) is 25.3 Å². The van der Waals surface area contributed by atoms with Crippen molar-refractivity contribution in [2.24, 2.45) is 4.99 Å². The van der Waals surface area contributed by atoms with Gasteiger partial charge in [0.2, 0.25) is 0 Å². The van der Waals surface area contributed by atoms with Crippen LogP contribution in [0.4, 0.5) is 13.2 Å². The molecule has 0 aliphatic carbocycles. The van der Waals surface area contributed by atoms with Gasteiger partial charge in [0.25, 0.3) is 0 Å². The predicted molar refractivity (Wildman–Crippen MR) is 103 cm³/mol. The van der Waals surface area contributed by atoms with E-state index in [1.54, 1.807) is 6.92 Å². The molecule has 3 aromatic rings. The van der Waals surface area contributed by atoms with E-state index in [-0.39, 0.29) is 39.6 Å². The Morgan fingerprint density at radius 1 is 1.23 bits per heavy atom. The molecule has 0 radical (unpaired) electrons. The number of hydrogen-bond donors (Lipinski definition) is 0. The van der Waals surface area contributed by atoms with Crippen molar-refractivity contribution in [1.82, 2.24) is 9.97 Å². The zero-order valence-electron chi connectivity index (χ0n) is 16.6. The Hall–Kier alpha value is -3.57. The van der Waals surface area contributed by atoms with Crippen LogP contribution in [-0.2, 0) is 15.6 Å². The SMILES string of the molecule is COC(=O)c1oc(-c2ccc(OC)c3nc(C(F)(F)F)ccc23)nc1C(C)/N=C/B=O. The molecule has 8 nitrogen and oxygen atoms in total. The summed E-state index contributed by atoms with van der Waals surface area (Å²) in [6.07, 6.45) is -3.64. The molecule has 0 aliphatic rings. The van der Waals surface area contributed by atoms with Gasteiger partial charge in [-0.25, -0.2) is 0 Å². The number of esters is 1. The third-order valence-corrected chi connectivity index (χ3v) is 4.35. The zero-order valence-corrected chi connectivity index (χ0v) is 16.6. The van der Waals surface area contributed by atoms with Gasteiger partial charge in [-0.1, -0.05) is 0 Å². The number of oxazole rings is 1. The molecule has 2 aromatic heterocycles. The van der Waals surface area contributed by atoms with Gasteiger partial charge in [0.1, 0.15) is 0 Å². The molecule has 0 saturated carbocycles. The van der Waals surface area contributed by atoms with Crippen LogP contribution in [0, 0.1) is 0 Å². The first-order chi connectivity index (χ1) is 14.7. The molecule has 0 amide bonds. The Balaban J connectivity index is 2.23. The number of nitrogens with zero attached hydrogens (tertiary/aromatic N) is 3. The van der Waals surface area contributed by atoms with E-state index >= 15 is 0 Å². The second-order valence-electron chi connectivity index (χ2n) is 6.24. The summed E-state index contributed by atoms with van der Waals surface area (Å²) < 4.78 is 65.4. The number of pyridine rings is 1. The molecule has 1 aromatic carbocycles. The molecule has 3 rings (SSSR count). The number of carbonyl (C=O) groups is 1. The number of fused-ring (bicyclic) bond motifs is 1. The molecule has 1 unspecified atom stereocenters. The average Bonchev–Trinajstić information content (AvgIpc) is 3.20. The van der Waals surface area contributed by atoms with Crippen LogP contribution in [0.2, 0.25) is 0 Å². The van der Waals surface area contributed by atoms with Gasteiger partial charge in [-0.05, 0) is 0 Å². The molecule has 2 heterocycles. The number of rotatable bonds is 6. The van der Waals surface area contributed by atoms with E-state index in [9.17, 15) is 22.7 Å². The summed E-state index contributed by atoms with van der Waals surface area (Å²) in [6, 6.07) is 4.26. The van der Waals surface area contributed by atoms with Crippen LogP contribution in [0.5, 0.6) is 5.75 Å². The molecule has 31 heavy (non-hydrogen) atoms. The van der Waals surface area contributed by atoms with Crippen LogP contribution in [-0.4, -0.2) is 43.4 Å². The van der Waals surface area contributed by atoms with Crippen molar-refractivity contribution >= 4 is 30.1 Å². The fourth-order valence-electron chi connectivity index (χ4n) is 2.91. The predicted octanol–water partition coefficient (Wildman–Crippen LogP) is 3.84. The van der Waals surface area contributed by atoms with E-state index in [1.807, 2.05) is 0 Å². The Morgan fingerprint density at radius 3 is 2.58 bits per heavy atom. The summed E-state index contributed by atoms with van der Waals surface area (Å²) in [5.74, 6) is -0.999. The Labute approximate surface area is 174 Å². The average molecular weight is 433 g/mol. The van der Waals surface area contributed by atoms with Gasteiger partial charge in [0.15, 0.2) is 0 Å². The molecular weight excluding hydrogens is 418 g/mol. The molecule has 160 valence electrons. The van der Waals surface area contributed by atoms with Gasteiger partial charge in [-0.15, -0.1) is 0 Å². The Bertz CT molecular complexity index is 1180. The topological polar surface area (TPSA) is 104 Å². The molecule has 0 N–H and O–H groups in total. The van der Waals surface area contributed by atoms with Crippen molar-refractivity contribution in [2.75, 3.05) is 14.2 Å². The minimum atomic E-state index is -4.64. The summed E-state index contributed by atoms with van der Waals surface area (Å²) in [7, 11) is 2.93. The van der Waals surface area contributed by atoms with Crippen molar-refractivity contribution in [3.05, 3.63) is 41.4 Å². The summed E-state index contributed by atoms with van der Waals surface area (Å²) >= 11 is 0. The van der Waals surface area contributed by atoms with Crippen molar-refractivity contribution in [3.8, 4) is 17.2 Å². The van der Waals surface area contributed by atoms with Crippen molar-refractivity contribution in [1.29, 1.82) is 0 Å². The first-order valence-corrected chi connectivity index (χ1v) is 8.82. The normalized spacial score (nSPS) is 12.7. The second-order valence-corrected chi connectivity index (χ2v) is 6.24. The molecule has 12 heteroatoms. The van der Waals surface area contributed by atoms with Gasteiger partial charge in [0, 0.05) is 0 Å². The summed E-state index contributed by atoms with van der Waals surface area (Å²) in [5.41, 5.74) is -0.763. The van der Waals surface area contributed by atoms with E-state index in [0.717, 1.165) is 19.3 Å². The summed E-state index contributed by atoms with van der Waals surface area (Å²) in [4.78, 5) is 24.1. The van der Waals surface area contributed by atoms with E-state index in [4.69, 9.17) is 13.9 Å². The first-order valence-electron chi connectivity index (χ1n) is 8.82. The molecule has 0 aliphatic heterocycles. The van der Waals surface area contributed by atoms with Gasteiger partial charge in [-0.3, -0.25) is 0 Å². The van der Waals surface area contributed by atoms with Gasteiger partial charge >= 0.3 is 160 Å². The third kappa shape index (κ3) is 4.32. The molecule has 0 bridgehead atoms. The molecule has 0 spiro atoms. The number of methoxy groups -OCH3 is 2. The number of aliphatic imine (C=N–C) groups is 1. The number of hydrogen-bond acceptors (Lipinski definition) is 8. The monoisotopic (exact) mass is 433 g/mol. The second kappa shape index (κ2) is 8.66. The van der Waals surface area contributed by atoms with Crippen LogP contribution in [0.3, 0.4) is 0 Å². The number of aromatic nitrogens is 2. The maximum absolute atomic E-state index is 13.1. The van der Waals surface area contributed by atoms with E-state index in [0.29, 0.717) is 7.15 Å². The fraction of sp³-hybridized carbons (Fsp3) is 0.263. The quantitative estimate of drug-likeness (QED) is 0.331.